The monoisotopic (exact) mass is 399 g/mol. The van der Waals surface area contributed by atoms with Gasteiger partial charge in [0.05, 0.1) is 29.8 Å². The molecule has 1 N–H and O–H groups in total. The van der Waals surface area contributed by atoms with E-state index in [2.05, 4.69) is 10.3 Å². The Morgan fingerprint density at radius 2 is 2.08 bits per heavy atom. The Balaban J connectivity index is 2.18. The van der Waals surface area contributed by atoms with Crippen molar-refractivity contribution in [2.24, 2.45) is 0 Å². The minimum atomic E-state index is -0.174. The number of aromatic nitrogens is 2. The Bertz CT molecular complexity index is 812. The zero-order valence-electron chi connectivity index (χ0n) is 14.8. The van der Waals surface area contributed by atoms with Crippen molar-refractivity contribution in [3.05, 3.63) is 33.6 Å². The zero-order valence-corrected chi connectivity index (χ0v) is 16.4. The van der Waals surface area contributed by atoms with Gasteiger partial charge in [-0.25, -0.2) is 4.98 Å². The van der Waals surface area contributed by atoms with Gasteiger partial charge in [0.1, 0.15) is 0 Å². The van der Waals surface area contributed by atoms with Crippen molar-refractivity contribution in [1.82, 2.24) is 14.9 Å². The molecule has 0 radical (unpaired) electrons. The summed E-state index contributed by atoms with van der Waals surface area (Å²) in [7, 11) is 3.19. The number of nitrogens with zero attached hydrogens (tertiary/aromatic N) is 2. The molecule has 2 rings (SSSR count). The number of thioether (sulfide) groups is 1. The van der Waals surface area contributed by atoms with Gasteiger partial charge < -0.3 is 14.8 Å². The minimum Gasteiger partial charge on any atom is -0.385 e. The molecule has 0 aliphatic heterocycles. The highest BCUT2D eigenvalue weighted by Crippen LogP contribution is 2.20. The third-order valence-corrected chi connectivity index (χ3v) is 4.79. The Morgan fingerprint density at radius 1 is 1.31 bits per heavy atom. The molecule has 0 fully saturated rings. The van der Waals surface area contributed by atoms with Crippen LogP contribution in [0.3, 0.4) is 0 Å². The number of hydrogen-bond acceptors (Lipinski definition) is 6. The molecule has 0 aliphatic rings. The molecule has 1 aromatic heterocycles. The lowest BCUT2D eigenvalue weighted by Crippen LogP contribution is -2.28. The van der Waals surface area contributed by atoms with Crippen molar-refractivity contribution in [3.8, 4) is 0 Å². The Kier molecular flexibility index (Phi) is 8.37. The quantitative estimate of drug-likeness (QED) is 0.373. The molecule has 1 aromatic carbocycles. The van der Waals surface area contributed by atoms with Gasteiger partial charge in [0.25, 0.3) is 5.56 Å². The van der Waals surface area contributed by atoms with Crippen molar-refractivity contribution >= 4 is 40.2 Å². The SMILES string of the molecule is COCCCNC(=O)CSc1nc2cc(Cl)ccc2c(=O)n1CCOC. The van der Waals surface area contributed by atoms with Gasteiger partial charge in [-0.15, -0.1) is 0 Å². The van der Waals surface area contributed by atoms with Crippen molar-refractivity contribution in [2.75, 3.05) is 39.7 Å². The Morgan fingerprint density at radius 3 is 2.81 bits per heavy atom. The van der Waals surface area contributed by atoms with Crippen LogP contribution >= 0.6 is 23.4 Å². The van der Waals surface area contributed by atoms with Gasteiger partial charge in [0.2, 0.25) is 5.91 Å². The standard InChI is InChI=1S/C17H22ClN3O4S/c1-24-8-3-6-19-15(22)11-26-17-20-14-10-12(18)4-5-13(14)16(23)21(17)7-9-25-2/h4-5,10H,3,6-9,11H2,1-2H3,(H,19,22). The predicted molar refractivity (Wildman–Crippen MR) is 103 cm³/mol. The second-order valence-electron chi connectivity index (χ2n) is 5.49. The van der Waals surface area contributed by atoms with Gasteiger partial charge in [-0.05, 0) is 24.6 Å². The van der Waals surface area contributed by atoms with E-state index in [0.29, 0.717) is 47.4 Å². The largest absolute Gasteiger partial charge is 0.385 e. The number of benzene rings is 1. The van der Waals surface area contributed by atoms with Crippen molar-refractivity contribution in [3.63, 3.8) is 0 Å². The maximum absolute atomic E-state index is 12.8. The number of carbonyl (C=O) groups is 1. The smallest absolute Gasteiger partial charge is 0.262 e. The van der Waals surface area contributed by atoms with E-state index in [1.54, 1.807) is 32.4 Å². The van der Waals surface area contributed by atoms with Crippen LogP contribution in [0, 0.1) is 0 Å². The summed E-state index contributed by atoms with van der Waals surface area (Å²) in [6, 6.07) is 4.97. The first-order chi connectivity index (χ1) is 12.6. The van der Waals surface area contributed by atoms with Crippen LogP contribution in [0.4, 0.5) is 0 Å². The highest BCUT2D eigenvalue weighted by molar-refractivity contribution is 7.99. The summed E-state index contributed by atoms with van der Waals surface area (Å²) < 4.78 is 11.6. The molecule has 0 aliphatic carbocycles. The fourth-order valence-corrected chi connectivity index (χ4v) is 3.31. The van der Waals surface area contributed by atoms with E-state index in [-0.39, 0.29) is 17.2 Å². The topological polar surface area (TPSA) is 82.5 Å². The molecule has 0 unspecified atom stereocenters. The summed E-state index contributed by atoms with van der Waals surface area (Å²) in [5.74, 6) is 0.0446. The van der Waals surface area contributed by atoms with E-state index < -0.39 is 0 Å². The van der Waals surface area contributed by atoms with Crippen LogP contribution in [0.5, 0.6) is 0 Å². The summed E-state index contributed by atoms with van der Waals surface area (Å²) in [5, 5.41) is 4.27. The lowest BCUT2D eigenvalue weighted by Gasteiger charge is -2.13. The van der Waals surface area contributed by atoms with E-state index in [4.69, 9.17) is 21.1 Å². The maximum atomic E-state index is 12.8. The van der Waals surface area contributed by atoms with Crippen molar-refractivity contribution < 1.29 is 14.3 Å². The van der Waals surface area contributed by atoms with Gasteiger partial charge in [0, 0.05) is 32.4 Å². The number of fused-ring (bicyclic) bond motifs is 1. The normalized spacial score (nSPS) is 11.0. The number of carbonyl (C=O) groups excluding carboxylic acids is 1. The third-order valence-electron chi connectivity index (χ3n) is 3.58. The Hall–Kier alpha value is -1.61. The van der Waals surface area contributed by atoms with Crippen LogP contribution < -0.4 is 10.9 Å². The van der Waals surface area contributed by atoms with Gasteiger partial charge in [-0.1, -0.05) is 23.4 Å². The molecule has 0 saturated carbocycles. The number of amides is 1. The molecule has 0 bridgehead atoms. The predicted octanol–water partition coefficient (Wildman–Crippen LogP) is 1.94. The number of methoxy groups -OCH3 is 2. The van der Waals surface area contributed by atoms with Crippen LogP contribution in [0.1, 0.15) is 6.42 Å². The zero-order chi connectivity index (χ0) is 18.9. The summed E-state index contributed by atoms with van der Waals surface area (Å²) in [4.78, 5) is 29.2. The molecule has 0 spiro atoms. The molecule has 0 saturated heterocycles. The summed E-state index contributed by atoms with van der Waals surface area (Å²) >= 11 is 7.22. The molecule has 1 heterocycles. The first-order valence-corrected chi connectivity index (χ1v) is 9.50. The number of halogens is 1. The van der Waals surface area contributed by atoms with E-state index in [0.717, 1.165) is 6.42 Å². The van der Waals surface area contributed by atoms with Crippen molar-refractivity contribution in [1.29, 1.82) is 0 Å². The first kappa shape index (κ1) is 20.7. The molecule has 1 amide bonds. The van der Waals surface area contributed by atoms with Crippen LogP contribution in [-0.4, -0.2) is 55.2 Å². The van der Waals surface area contributed by atoms with Crippen LogP contribution in [0.15, 0.2) is 28.2 Å². The van der Waals surface area contributed by atoms with Gasteiger partial charge in [-0.2, -0.15) is 0 Å². The lowest BCUT2D eigenvalue weighted by atomic mass is 10.2. The van der Waals surface area contributed by atoms with E-state index >= 15 is 0 Å². The molecule has 7 nitrogen and oxygen atoms in total. The summed E-state index contributed by atoms with van der Waals surface area (Å²) in [6.45, 7) is 1.87. The second kappa shape index (κ2) is 10.5. The summed E-state index contributed by atoms with van der Waals surface area (Å²) in [6.07, 6.45) is 0.748. The lowest BCUT2D eigenvalue weighted by molar-refractivity contribution is -0.118. The van der Waals surface area contributed by atoms with E-state index in [9.17, 15) is 9.59 Å². The maximum Gasteiger partial charge on any atom is 0.262 e. The highest BCUT2D eigenvalue weighted by Gasteiger charge is 2.13. The van der Waals surface area contributed by atoms with E-state index in [1.165, 1.54) is 16.3 Å². The molecule has 0 atom stereocenters. The number of rotatable bonds is 10. The van der Waals surface area contributed by atoms with E-state index in [1.807, 2.05) is 0 Å². The number of nitrogens with one attached hydrogen (secondary N) is 1. The van der Waals surface area contributed by atoms with Gasteiger partial charge in [-0.3, -0.25) is 14.2 Å². The third kappa shape index (κ3) is 5.70. The highest BCUT2D eigenvalue weighted by atomic mass is 35.5. The molecular weight excluding hydrogens is 378 g/mol. The molecule has 2 aromatic rings. The first-order valence-electron chi connectivity index (χ1n) is 8.14. The molecule has 9 heteroatoms. The molecule has 26 heavy (non-hydrogen) atoms. The minimum absolute atomic E-state index is 0.121. The Labute approximate surface area is 161 Å². The van der Waals surface area contributed by atoms with Crippen molar-refractivity contribution in [2.45, 2.75) is 18.1 Å². The average Bonchev–Trinajstić information content (AvgIpc) is 2.62. The number of ether oxygens (including phenoxy) is 2. The van der Waals surface area contributed by atoms with Crippen LogP contribution in [0.2, 0.25) is 5.02 Å². The number of hydrogen-bond donors (Lipinski definition) is 1. The summed E-state index contributed by atoms with van der Waals surface area (Å²) in [5.41, 5.74) is 0.339. The van der Waals surface area contributed by atoms with Gasteiger partial charge in [0.15, 0.2) is 5.16 Å². The average molecular weight is 400 g/mol. The molecule has 142 valence electrons. The fraction of sp³-hybridized carbons (Fsp3) is 0.471. The molecular formula is C17H22ClN3O4S. The van der Waals surface area contributed by atoms with Gasteiger partial charge >= 0.3 is 0 Å². The fourth-order valence-electron chi connectivity index (χ4n) is 2.29. The second-order valence-corrected chi connectivity index (χ2v) is 6.87. The van der Waals surface area contributed by atoms with Crippen LogP contribution in [0.25, 0.3) is 10.9 Å². The van der Waals surface area contributed by atoms with Crippen LogP contribution in [-0.2, 0) is 20.8 Å².